The number of hydrogen-bond donors (Lipinski definition) is 1. The van der Waals surface area contributed by atoms with E-state index < -0.39 is 4.92 Å². The number of nitrogens with zero attached hydrogens (tertiary/aromatic N) is 2. The van der Waals surface area contributed by atoms with E-state index >= 15 is 0 Å². The molecule has 0 aliphatic rings. The van der Waals surface area contributed by atoms with Gasteiger partial charge in [0.25, 0.3) is 5.69 Å². The van der Waals surface area contributed by atoms with E-state index in [1.54, 1.807) is 19.2 Å². The molecule has 23 heavy (non-hydrogen) atoms. The summed E-state index contributed by atoms with van der Waals surface area (Å²) < 4.78 is 5.18. The first-order valence-corrected chi connectivity index (χ1v) is 7.30. The Labute approximate surface area is 135 Å². The Morgan fingerprint density at radius 3 is 2.22 bits per heavy atom. The number of likely N-dealkylation sites (N-methyl/N-ethyl adjacent to an activating group) is 1. The average Bonchev–Trinajstić information content (AvgIpc) is 2.55. The Morgan fingerprint density at radius 1 is 1.13 bits per heavy atom. The molecule has 0 fully saturated rings. The molecule has 0 radical (unpaired) electrons. The number of benzene rings is 2. The Hall–Kier alpha value is -2.60. The molecule has 0 spiro atoms. The number of rotatable bonds is 7. The summed E-state index contributed by atoms with van der Waals surface area (Å²) in [6.07, 6.45) is 0. The van der Waals surface area contributed by atoms with Crippen molar-refractivity contribution in [2.24, 2.45) is 0 Å². The van der Waals surface area contributed by atoms with Crippen molar-refractivity contribution in [1.82, 2.24) is 4.90 Å². The Kier molecular flexibility index (Phi) is 5.54. The third-order valence-corrected chi connectivity index (χ3v) is 3.70. The van der Waals surface area contributed by atoms with Crippen LogP contribution in [0.25, 0.3) is 0 Å². The van der Waals surface area contributed by atoms with Crippen LogP contribution < -0.4 is 10.1 Å². The summed E-state index contributed by atoms with van der Waals surface area (Å²) in [6.45, 7) is 0.692. The van der Waals surface area contributed by atoms with Crippen molar-refractivity contribution in [3.8, 4) is 5.75 Å². The van der Waals surface area contributed by atoms with Gasteiger partial charge in [-0.3, -0.25) is 10.1 Å². The first kappa shape index (κ1) is 16.8. The molecule has 0 bridgehead atoms. The van der Waals surface area contributed by atoms with Gasteiger partial charge in [0.05, 0.1) is 18.1 Å². The predicted molar refractivity (Wildman–Crippen MR) is 91.0 cm³/mol. The summed E-state index contributed by atoms with van der Waals surface area (Å²) in [5.74, 6) is 0.828. The van der Waals surface area contributed by atoms with Crippen LogP contribution in [0.2, 0.25) is 0 Å². The predicted octanol–water partition coefficient (Wildman–Crippen LogP) is 3.32. The SMILES string of the molecule is COc1ccc(C(CNc2ccc([N+](=O)[O-])cc2)N(C)C)cc1. The van der Waals surface area contributed by atoms with Gasteiger partial charge in [-0.1, -0.05) is 12.1 Å². The first-order chi connectivity index (χ1) is 11.0. The Balaban J connectivity index is 2.05. The van der Waals surface area contributed by atoms with E-state index in [0.29, 0.717) is 6.54 Å². The quantitative estimate of drug-likeness (QED) is 0.627. The topological polar surface area (TPSA) is 67.6 Å². The lowest BCUT2D eigenvalue weighted by atomic mass is 10.1. The number of nitrogens with one attached hydrogen (secondary N) is 1. The molecule has 0 saturated heterocycles. The minimum atomic E-state index is -0.399. The first-order valence-electron chi connectivity index (χ1n) is 7.30. The number of anilines is 1. The second-order valence-electron chi connectivity index (χ2n) is 5.44. The number of ether oxygens (including phenoxy) is 1. The highest BCUT2D eigenvalue weighted by atomic mass is 16.6. The standard InChI is InChI=1S/C17H21N3O3/c1-19(2)17(13-4-10-16(23-3)11-5-13)12-18-14-6-8-15(9-7-14)20(21)22/h4-11,17-18H,12H2,1-3H3. The van der Waals surface area contributed by atoms with Gasteiger partial charge in [0.15, 0.2) is 0 Å². The molecule has 6 nitrogen and oxygen atoms in total. The molecule has 1 unspecified atom stereocenters. The van der Waals surface area contributed by atoms with E-state index in [4.69, 9.17) is 4.74 Å². The smallest absolute Gasteiger partial charge is 0.269 e. The fourth-order valence-electron chi connectivity index (χ4n) is 2.34. The molecule has 2 rings (SSSR count). The van der Waals surface area contributed by atoms with Crippen LogP contribution in [0.4, 0.5) is 11.4 Å². The van der Waals surface area contributed by atoms with Crippen LogP contribution in [-0.2, 0) is 0 Å². The zero-order valence-electron chi connectivity index (χ0n) is 13.5. The maximum Gasteiger partial charge on any atom is 0.269 e. The van der Waals surface area contributed by atoms with Crippen LogP contribution in [-0.4, -0.2) is 37.6 Å². The molecule has 0 aromatic heterocycles. The molecule has 0 aliphatic heterocycles. The third-order valence-electron chi connectivity index (χ3n) is 3.70. The summed E-state index contributed by atoms with van der Waals surface area (Å²) in [5, 5.41) is 14.0. The van der Waals surface area contributed by atoms with Crippen molar-refractivity contribution in [1.29, 1.82) is 0 Å². The second-order valence-corrected chi connectivity index (χ2v) is 5.44. The maximum atomic E-state index is 10.7. The van der Waals surface area contributed by atoms with Crippen molar-refractivity contribution in [3.05, 3.63) is 64.2 Å². The van der Waals surface area contributed by atoms with Crippen molar-refractivity contribution < 1.29 is 9.66 Å². The molecule has 0 saturated carbocycles. The number of nitro groups is 1. The van der Waals surface area contributed by atoms with Crippen molar-refractivity contribution >= 4 is 11.4 Å². The van der Waals surface area contributed by atoms with E-state index in [1.165, 1.54) is 17.7 Å². The summed E-state index contributed by atoms with van der Waals surface area (Å²) in [7, 11) is 5.69. The van der Waals surface area contributed by atoms with Gasteiger partial charge in [0.1, 0.15) is 5.75 Å². The molecule has 0 aliphatic carbocycles. The van der Waals surface area contributed by atoms with E-state index in [9.17, 15) is 10.1 Å². The van der Waals surface area contributed by atoms with Gasteiger partial charge in [-0.25, -0.2) is 0 Å². The van der Waals surface area contributed by atoms with Crippen molar-refractivity contribution in [2.45, 2.75) is 6.04 Å². The highest BCUT2D eigenvalue weighted by Crippen LogP contribution is 2.22. The lowest BCUT2D eigenvalue weighted by Crippen LogP contribution is -2.26. The molecule has 1 N–H and O–H groups in total. The minimum absolute atomic E-state index is 0.0925. The Bertz CT molecular complexity index is 639. The van der Waals surface area contributed by atoms with E-state index in [0.717, 1.165) is 11.4 Å². The molecule has 122 valence electrons. The fourth-order valence-corrected chi connectivity index (χ4v) is 2.34. The van der Waals surface area contributed by atoms with Gasteiger partial charge in [0, 0.05) is 24.4 Å². The van der Waals surface area contributed by atoms with E-state index in [-0.39, 0.29) is 11.7 Å². The lowest BCUT2D eigenvalue weighted by Gasteiger charge is -2.25. The van der Waals surface area contributed by atoms with Crippen LogP contribution in [0.15, 0.2) is 48.5 Å². The summed E-state index contributed by atoms with van der Waals surface area (Å²) >= 11 is 0. The molecule has 0 amide bonds. The normalized spacial score (nSPS) is 12.0. The number of methoxy groups -OCH3 is 1. The summed E-state index contributed by atoms with van der Waals surface area (Å²) in [5.41, 5.74) is 2.12. The third kappa shape index (κ3) is 4.43. The van der Waals surface area contributed by atoms with Crippen molar-refractivity contribution in [2.75, 3.05) is 33.1 Å². The van der Waals surface area contributed by atoms with Crippen LogP contribution >= 0.6 is 0 Å². The zero-order chi connectivity index (χ0) is 16.8. The fraction of sp³-hybridized carbons (Fsp3) is 0.294. The minimum Gasteiger partial charge on any atom is -0.497 e. The maximum absolute atomic E-state index is 10.7. The lowest BCUT2D eigenvalue weighted by molar-refractivity contribution is -0.384. The Morgan fingerprint density at radius 2 is 1.74 bits per heavy atom. The zero-order valence-corrected chi connectivity index (χ0v) is 13.5. The van der Waals surface area contributed by atoms with Gasteiger partial charge in [-0.15, -0.1) is 0 Å². The molecule has 2 aromatic carbocycles. The van der Waals surface area contributed by atoms with E-state index in [1.807, 2.05) is 38.4 Å². The van der Waals surface area contributed by atoms with Gasteiger partial charge in [-0.2, -0.15) is 0 Å². The molecule has 6 heteroatoms. The highest BCUT2D eigenvalue weighted by Gasteiger charge is 2.14. The number of non-ortho nitro benzene ring substituents is 1. The van der Waals surface area contributed by atoms with Crippen LogP contribution in [0, 0.1) is 10.1 Å². The molecular weight excluding hydrogens is 294 g/mol. The number of nitro benzene ring substituents is 1. The molecule has 1 atom stereocenters. The average molecular weight is 315 g/mol. The molecule has 2 aromatic rings. The summed E-state index contributed by atoms with van der Waals surface area (Å²) in [6, 6.07) is 14.6. The van der Waals surface area contributed by atoms with Crippen LogP contribution in [0.3, 0.4) is 0 Å². The highest BCUT2D eigenvalue weighted by molar-refractivity contribution is 5.48. The van der Waals surface area contributed by atoms with Gasteiger partial charge < -0.3 is 15.0 Å². The van der Waals surface area contributed by atoms with Crippen LogP contribution in [0.5, 0.6) is 5.75 Å². The van der Waals surface area contributed by atoms with Gasteiger partial charge >= 0.3 is 0 Å². The van der Waals surface area contributed by atoms with Crippen molar-refractivity contribution in [3.63, 3.8) is 0 Å². The van der Waals surface area contributed by atoms with Gasteiger partial charge in [-0.05, 0) is 43.9 Å². The molecule has 0 heterocycles. The molecular formula is C17H21N3O3. The van der Waals surface area contributed by atoms with Crippen LogP contribution in [0.1, 0.15) is 11.6 Å². The largest absolute Gasteiger partial charge is 0.497 e. The monoisotopic (exact) mass is 315 g/mol. The van der Waals surface area contributed by atoms with Gasteiger partial charge in [0.2, 0.25) is 0 Å². The second kappa shape index (κ2) is 7.60. The number of hydrogen-bond acceptors (Lipinski definition) is 5. The van der Waals surface area contributed by atoms with E-state index in [2.05, 4.69) is 10.2 Å². The summed E-state index contributed by atoms with van der Waals surface area (Å²) in [4.78, 5) is 12.4.